The van der Waals surface area contributed by atoms with Crippen molar-refractivity contribution in [2.75, 3.05) is 11.9 Å². The molecule has 1 aromatic rings. The zero-order chi connectivity index (χ0) is 14.4. The minimum atomic E-state index is -0.970. The Morgan fingerprint density at radius 1 is 1.26 bits per heavy atom. The third kappa shape index (κ3) is 4.79. The zero-order valence-electron chi connectivity index (χ0n) is 10.8. The maximum atomic E-state index is 11.4. The number of amides is 2. The van der Waals surface area contributed by atoms with Crippen LogP contribution in [0.3, 0.4) is 0 Å². The minimum absolute atomic E-state index is 0.0324. The highest BCUT2D eigenvalue weighted by Crippen LogP contribution is 2.15. The van der Waals surface area contributed by atoms with Crippen molar-refractivity contribution < 1.29 is 19.5 Å². The highest BCUT2D eigenvalue weighted by Gasteiger charge is 2.07. The van der Waals surface area contributed by atoms with Crippen molar-refractivity contribution in [1.82, 2.24) is 5.32 Å². The van der Waals surface area contributed by atoms with Gasteiger partial charge in [0.25, 0.3) is 0 Å². The van der Waals surface area contributed by atoms with E-state index in [1.807, 2.05) is 0 Å². The van der Waals surface area contributed by atoms with E-state index in [-0.39, 0.29) is 18.7 Å². The Morgan fingerprint density at radius 3 is 2.47 bits per heavy atom. The predicted octanol–water partition coefficient (Wildman–Crippen LogP) is 1.79. The van der Waals surface area contributed by atoms with Gasteiger partial charge in [0.05, 0.1) is 6.42 Å². The largest absolute Gasteiger partial charge is 0.481 e. The third-order valence-corrected chi connectivity index (χ3v) is 2.49. The van der Waals surface area contributed by atoms with Crippen LogP contribution in [0.5, 0.6) is 0 Å². The Kier molecular flexibility index (Phi) is 5.05. The number of carboxylic acid groups (broad SMARTS) is 1. The van der Waals surface area contributed by atoms with Gasteiger partial charge in [0, 0.05) is 17.8 Å². The van der Waals surface area contributed by atoms with Crippen LogP contribution in [0, 0.1) is 6.92 Å². The number of ketones is 1. The molecule has 0 aliphatic rings. The van der Waals surface area contributed by atoms with Crippen molar-refractivity contribution in [1.29, 1.82) is 0 Å². The summed E-state index contributed by atoms with van der Waals surface area (Å²) >= 11 is 0. The number of benzene rings is 1. The van der Waals surface area contributed by atoms with Crippen LogP contribution in [-0.2, 0) is 4.79 Å². The molecule has 19 heavy (non-hydrogen) atoms. The summed E-state index contributed by atoms with van der Waals surface area (Å²) in [5.41, 5.74) is 1.93. The van der Waals surface area contributed by atoms with Gasteiger partial charge in [-0.05, 0) is 37.6 Å². The van der Waals surface area contributed by atoms with E-state index in [9.17, 15) is 14.4 Å². The maximum absolute atomic E-state index is 11.4. The van der Waals surface area contributed by atoms with Crippen molar-refractivity contribution in [2.45, 2.75) is 20.3 Å². The number of hydrogen-bond acceptors (Lipinski definition) is 3. The molecule has 0 atom stereocenters. The lowest BCUT2D eigenvalue weighted by atomic mass is 10.1. The Bertz CT molecular complexity index is 511. The number of aryl methyl sites for hydroxylation is 1. The number of rotatable bonds is 5. The van der Waals surface area contributed by atoms with E-state index in [0.717, 1.165) is 5.56 Å². The molecule has 0 aliphatic carbocycles. The molecule has 6 heteroatoms. The van der Waals surface area contributed by atoms with Crippen LogP contribution in [0.25, 0.3) is 0 Å². The first-order valence-corrected chi connectivity index (χ1v) is 5.78. The second-order valence-electron chi connectivity index (χ2n) is 4.11. The molecule has 0 saturated heterocycles. The molecule has 1 aromatic carbocycles. The monoisotopic (exact) mass is 264 g/mol. The number of carboxylic acids is 1. The molecule has 0 heterocycles. The van der Waals surface area contributed by atoms with Gasteiger partial charge in [0.1, 0.15) is 0 Å². The van der Waals surface area contributed by atoms with E-state index >= 15 is 0 Å². The fourth-order valence-electron chi connectivity index (χ4n) is 1.59. The number of urea groups is 1. The van der Waals surface area contributed by atoms with Crippen molar-refractivity contribution >= 4 is 23.5 Å². The SMILES string of the molecule is CC(=O)c1ccc(NC(=O)NCCC(=O)O)cc1C. The van der Waals surface area contributed by atoms with Crippen LogP contribution in [0.4, 0.5) is 10.5 Å². The number of Topliss-reactive ketones (excluding diaryl/α,β-unsaturated/α-hetero) is 1. The number of nitrogens with one attached hydrogen (secondary N) is 2. The molecule has 0 bridgehead atoms. The molecule has 3 N–H and O–H groups in total. The van der Waals surface area contributed by atoms with Gasteiger partial charge in [-0.15, -0.1) is 0 Å². The second kappa shape index (κ2) is 6.53. The van der Waals surface area contributed by atoms with Gasteiger partial charge in [-0.25, -0.2) is 4.79 Å². The van der Waals surface area contributed by atoms with Crippen molar-refractivity contribution in [2.24, 2.45) is 0 Å². The lowest BCUT2D eigenvalue weighted by Gasteiger charge is -2.09. The minimum Gasteiger partial charge on any atom is -0.481 e. The molecule has 0 radical (unpaired) electrons. The van der Waals surface area contributed by atoms with Crippen molar-refractivity contribution in [3.8, 4) is 0 Å². The summed E-state index contributed by atoms with van der Waals surface area (Å²) in [6.45, 7) is 3.32. The average Bonchev–Trinajstić information content (AvgIpc) is 2.27. The Balaban J connectivity index is 2.58. The molecule has 1 rings (SSSR count). The molecule has 0 fully saturated rings. The van der Waals surface area contributed by atoms with E-state index in [1.54, 1.807) is 25.1 Å². The molecule has 0 unspecified atom stereocenters. The normalized spacial score (nSPS) is 9.79. The third-order valence-electron chi connectivity index (χ3n) is 2.49. The Labute approximate surface area is 110 Å². The van der Waals surface area contributed by atoms with Crippen molar-refractivity contribution in [3.63, 3.8) is 0 Å². The fraction of sp³-hybridized carbons (Fsp3) is 0.308. The highest BCUT2D eigenvalue weighted by molar-refractivity contribution is 5.96. The summed E-state index contributed by atoms with van der Waals surface area (Å²) in [5, 5.41) is 13.4. The van der Waals surface area contributed by atoms with Gasteiger partial charge in [0.15, 0.2) is 5.78 Å². The van der Waals surface area contributed by atoms with Crippen molar-refractivity contribution in [3.05, 3.63) is 29.3 Å². The topological polar surface area (TPSA) is 95.5 Å². The standard InChI is InChI=1S/C13H16N2O4/c1-8-7-10(3-4-11(8)9(2)16)15-13(19)14-6-5-12(17)18/h3-4,7H,5-6H2,1-2H3,(H,17,18)(H2,14,15,19). The molecule has 0 saturated carbocycles. The first-order valence-electron chi connectivity index (χ1n) is 5.78. The van der Waals surface area contributed by atoms with Gasteiger partial charge in [0.2, 0.25) is 0 Å². The molecule has 0 aliphatic heterocycles. The molecular formula is C13H16N2O4. The Hall–Kier alpha value is -2.37. The van der Waals surface area contributed by atoms with Gasteiger partial charge in [-0.1, -0.05) is 0 Å². The van der Waals surface area contributed by atoms with Gasteiger partial charge >= 0.3 is 12.0 Å². The summed E-state index contributed by atoms with van der Waals surface area (Å²) < 4.78 is 0. The first kappa shape index (κ1) is 14.7. The van der Waals surface area contributed by atoms with Gasteiger partial charge in [-0.2, -0.15) is 0 Å². The van der Waals surface area contributed by atoms with Crippen LogP contribution in [0.1, 0.15) is 29.3 Å². The summed E-state index contributed by atoms with van der Waals surface area (Å²) in [4.78, 5) is 33.0. The summed E-state index contributed by atoms with van der Waals surface area (Å²) in [5.74, 6) is -1.00. The zero-order valence-corrected chi connectivity index (χ0v) is 10.8. The second-order valence-corrected chi connectivity index (χ2v) is 4.11. The van der Waals surface area contributed by atoms with Crippen LogP contribution in [0.15, 0.2) is 18.2 Å². The van der Waals surface area contributed by atoms with E-state index in [1.165, 1.54) is 6.92 Å². The molecule has 0 aromatic heterocycles. The summed E-state index contributed by atoms with van der Waals surface area (Å²) in [6, 6.07) is 4.48. The molecule has 6 nitrogen and oxygen atoms in total. The number of anilines is 1. The molecular weight excluding hydrogens is 248 g/mol. The molecule has 2 amide bonds. The van der Waals surface area contributed by atoms with Crippen LogP contribution in [-0.4, -0.2) is 29.4 Å². The average molecular weight is 264 g/mol. The molecule has 102 valence electrons. The summed E-state index contributed by atoms with van der Waals surface area (Å²) in [6.07, 6.45) is -0.129. The number of aliphatic carboxylic acids is 1. The van der Waals surface area contributed by atoms with Gasteiger partial charge in [-0.3, -0.25) is 9.59 Å². The smallest absolute Gasteiger partial charge is 0.319 e. The maximum Gasteiger partial charge on any atom is 0.319 e. The van der Waals surface area contributed by atoms with E-state index < -0.39 is 12.0 Å². The number of carbonyl (C=O) groups is 3. The van der Waals surface area contributed by atoms with Crippen LogP contribution >= 0.6 is 0 Å². The van der Waals surface area contributed by atoms with E-state index in [4.69, 9.17) is 5.11 Å². The lowest BCUT2D eigenvalue weighted by Crippen LogP contribution is -2.30. The fourth-order valence-corrected chi connectivity index (χ4v) is 1.59. The first-order chi connectivity index (χ1) is 8.90. The van der Waals surface area contributed by atoms with E-state index in [2.05, 4.69) is 10.6 Å². The predicted molar refractivity (Wildman–Crippen MR) is 70.5 cm³/mol. The highest BCUT2D eigenvalue weighted by atomic mass is 16.4. The number of carbonyl (C=O) groups excluding carboxylic acids is 2. The van der Waals surface area contributed by atoms with E-state index in [0.29, 0.717) is 11.3 Å². The van der Waals surface area contributed by atoms with Crippen LogP contribution in [0.2, 0.25) is 0 Å². The molecule has 0 spiro atoms. The Morgan fingerprint density at radius 2 is 1.95 bits per heavy atom. The summed E-state index contributed by atoms with van der Waals surface area (Å²) in [7, 11) is 0. The van der Waals surface area contributed by atoms with Gasteiger partial charge < -0.3 is 15.7 Å². The quantitative estimate of drug-likeness (QED) is 0.706. The lowest BCUT2D eigenvalue weighted by molar-refractivity contribution is -0.136. The number of hydrogen-bond donors (Lipinski definition) is 3. The van der Waals surface area contributed by atoms with Crippen LogP contribution < -0.4 is 10.6 Å².